The zero-order valence-electron chi connectivity index (χ0n) is 12.4. The quantitative estimate of drug-likeness (QED) is 0.408. The van der Waals surface area contributed by atoms with Crippen molar-refractivity contribution in [2.75, 3.05) is 14.2 Å². The van der Waals surface area contributed by atoms with Crippen LogP contribution in [0, 0.1) is 10.1 Å². The maximum atomic E-state index is 11.1. The van der Waals surface area contributed by atoms with Crippen molar-refractivity contribution in [3.8, 4) is 11.5 Å². The molecular formula is C14H19NO7. The van der Waals surface area contributed by atoms with Crippen LogP contribution in [-0.2, 0) is 4.79 Å². The van der Waals surface area contributed by atoms with E-state index < -0.39 is 17.0 Å². The molecule has 0 amide bonds. The Morgan fingerprint density at radius 2 is 1.86 bits per heavy atom. The summed E-state index contributed by atoms with van der Waals surface area (Å²) >= 11 is 0. The second-order valence-corrected chi connectivity index (χ2v) is 4.68. The highest BCUT2D eigenvalue weighted by Crippen LogP contribution is 2.38. The number of carboxylic acid groups (broad SMARTS) is 1. The first-order valence-electron chi connectivity index (χ1n) is 6.70. The van der Waals surface area contributed by atoms with Gasteiger partial charge in [0.15, 0.2) is 11.5 Å². The Kier molecular flexibility index (Phi) is 6.58. The summed E-state index contributed by atoms with van der Waals surface area (Å²) in [7, 11) is 2.76. The Morgan fingerprint density at radius 3 is 2.36 bits per heavy atom. The molecule has 8 heteroatoms. The minimum atomic E-state index is -1.07. The summed E-state index contributed by atoms with van der Waals surface area (Å²) in [4.78, 5) is 21.0. The highest BCUT2D eigenvalue weighted by Gasteiger charge is 2.24. The third kappa shape index (κ3) is 4.59. The van der Waals surface area contributed by atoms with E-state index in [0.29, 0.717) is 12.8 Å². The smallest absolute Gasteiger partial charge is 0.303 e. The first-order valence-corrected chi connectivity index (χ1v) is 6.70. The summed E-state index contributed by atoms with van der Waals surface area (Å²) in [5.74, 6) is -0.421. The molecule has 1 aromatic rings. The molecule has 0 aliphatic carbocycles. The van der Waals surface area contributed by atoms with E-state index in [1.807, 2.05) is 0 Å². The third-order valence-electron chi connectivity index (χ3n) is 3.21. The molecule has 0 saturated carbocycles. The van der Waals surface area contributed by atoms with Gasteiger partial charge in [0.05, 0.1) is 36.9 Å². The average molecular weight is 313 g/mol. The number of nitrogens with zero attached hydrogens (tertiary/aromatic N) is 1. The first kappa shape index (κ1) is 17.7. The van der Waals surface area contributed by atoms with Gasteiger partial charge in [0.2, 0.25) is 0 Å². The van der Waals surface area contributed by atoms with Crippen LogP contribution in [0.15, 0.2) is 12.1 Å². The molecule has 1 rings (SSSR count). The predicted molar refractivity (Wildman–Crippen MR) is 77.3 cm³/mol. The second kappa shape index (κ2) is 8.18. The van der Waals surface area contributed by atoms with Crippen molar-refractivity contribution in [3.05, 3.63) is 27.8 Å². The van der Waals surface area contributed by atoms with Crippen molar-refractivity contribution in [1.29, 1.82) is 0 Å². The number of benzene rings is 1. The summed E-state index contributed by atoms with van der Waals surface area (Å²) in [6.45, 7) is 0. The molecule has 0 aliphatic heterocycles. The van der Waals surface area contributed by atoms with Crippen LogP contribution in [-0.4, -0.2) is 35.3 Å². The monoisotopic (exact) mass is 313 g/mol. The Hall–Kier alpha value is -2.35. The Morgan fingerprint density at radius 1 is 1.27 bits per heavy atom. The van der Waals surface area contributed by atoms with E-state index in [1.54, 1.807) is 0 Å². The fourth-order valence-corrected chi connectivity index (χ4v) is 2.08. The van der Waals surface area contributed by atoms with Crippen LogP contribution in [0.2, 0.25) is 0 Å². The molecule has 22 heavy (non-hydrogen) atoms. The topological polar surface area (TPSA) is 119 Å². The van der Waals surface area contributed by atoms with E-state index in [9.17, 15) is 20.0 Å². The van der Waals surface area contributed by atoms with Gasteiger partial charge >= 0.3 is 5.97 Å². The summed E-state index contributed by atoms with van der Waals surface area (Å²) in [6.07, 6.45) is -0.00873. The highest BCUT2D eigenvalue weighted by molar-refractivity contribution is 5.66. The van der Waals surface area contributed by atoms with Gasteiger partial charge in [-0.3, -0.25) is 14.9 Å². The van der Waals surface area contributed by atoms with Crippen LogP contribution in [0.25, 0.3) is 0 Å². The summed E-state index contributed by atoms with van der Waals surface area (Å²) < 4.78 is 10.1. The molecule has 0 spiro atoms. The minimum Gasteiger partial charge on any atom is -0.493 e. The fraction of sp³-hybridized carbons (Fsp3) is 0.500. The van der Waals surface area contributed by atoms with Crippen LogP contribution < -0.4 is 9.47 Å². The summed E-state index contributed by atoms with van der Waals surface area (Å²) in [5, 5.41) is 29.8. The van der Waals surface area contributed by atoms with Crippen LogP contribution in [0.4, 0.5) is 5.69 Å². The van der Waals surface area contributed by atoms with Crippen molar-refractivity contribution in [3.63, 3.8) is 0 Å². The number of carboxylic acids is 1. The van der Waals surface area contributed by atoms with Gasteiger partial charge in [-0.2, -0.15) is 0 Å². The van der Waals surface area contributed by atoms with Crippen LogP contribution in [0.5, 0.6) is 11.5 Å². The number of aliphatic hydroxyl groups excluding tert-OH is 1. The van der Waals surface area contributed by atoms with Crippen molar-refractivity contribution < 1.29 is 29.4 Å². The van der Waals surface area contributed by atoms with E-state index in [0.717, 1.165) is 0 Å². The summed E-state index contributed by atoms with van der Waals surface area (Å²) in [6, 6.07) is 2.58. The molecule has 0 fully saturated rings. The van der Waals surface area contributed by atoms with E-state index in [1.165, 1.54) is 26.4 Å². The molecule has 0 aliphatic rings. The van der Waals surface area contributed by atoms with Gasteiger partial charge in [0, 0.05) is 6.42 Å². The number of carbonyl (C=O) groups is 1. The number of nitro benzene ring substituents is 1. The molecule has 1 unspecified atom stereocenters. The number of unbranched alkanes of at least 4 members (excludes halogenated alkanes) is 1. The number of nitro groups is 1. The Bertz CT molecular complexity index is 544. The lowest BCUT2D eigenvalue weighted by Crippen LogP contribution is -2.05. The molecule has 0 heterocycles. The van der Waals surface area contributed by atoms with Crippen molar-refractivity contribution in [1.82, 2.24) is 0 Å². The lowest BCUT2D eigenvalue weighted by molar-refractivity contribution is -0.386. The van der Waals surface area contributed by atoms with E-state index in [4.69, 9.17) is 14.6 Å². The van der Waals surface area contributed by atoms with Crippen LogP contribution >= 0.6 is 0 Å². The van der Waals surface area contributed by atoms with Gasteiger partial charge in [-0.05, 0) is 25.3 Å². The first-order chi connectivity index (χ1) is 10.4. The van der Waals surface area contributed by atoms with E-state index >= 15 is 0 Å². The molecule has 122 valence electrons. The summed E-state index contributed by atoms with van der Waals surface area (Å²) in [5.41, 5.74) is -0.138. The maximum absolute atomic E-state index is 11.1. The highest BCUT2D eigenvalue weighted by atomic mass is 16.6. The average Bonchev–Trinajstić information content (AvgIpc) is 2.49. The molecule has 0 bridgehead atoms. The normalized spacial score (nSPS) is 11.8. The molecule has 2 N–H and O–H groups in total. The lowest BCUT2D eigenvalue weighted by Gasteiger charge is -2.14. The number of hydrogen-bond acceptors (Lipinski definition) is 6. The van der Waals surface area contributed by atoms with Crippen molar-refractivity contribution >= 4 is 11.7 Å². The van der Waals surface area contributed by atoms with Gasteiger partial charge in [-0.15, -0.1) is 0 Å². The van der Waals surface area contributed by atoms with E-state index in [2.05, 4.69) is 0 Å². The Balaban J connectivity index is 2.95. The minimum absolute atomic E-state index is 0.000741. The fourth-order valence-electron chi connectivity index (χ4n) is 2.08. The SMILES string of the molecule is COc1cc(C(O)CCCCC(=O)O)c([N+](=O)[O-])cc1OC. The number of aliphatic carboxylic acids is 1. The molecule has 0 radical (unpaired) electrons. The maximum Gasteiger partial charge on any atom is 0.303 e. The van der Waals surface area contributed by atoms with Gasteiger partial charge in [0.1, 0.15) is 0 Å². The third-order valence-corrected chi connectivity index (χ3v) is 3.21. The molecule has 0 aromatic heterocycles. The molecule has 8 nitrogen and oxygen atoms in total. The van der Waals surface area contributed by atoms with E-state index in [-0.39, 0.29) is 35.6 Å². The number of hydrogen-bond donors (Lipinski definition) is 2. The second-order valence-electron chi connectivity index (χ2n) is 4.68. The van der Waals surface area contributed by atoms with Crippen molar-refractivity contribution in [2.24, 2.45) is 0 Å². The number of rotatable bonds is 9. The van der Waals surface area contributed by atoms with Gasteiger partial charge < -0.3 is 19.7 Å². The zero-order valence-corrected chi connectivity index (χ0v) is 12.4. The molecule has 1 aromatic carbocycles. The molecular weight excluding hydrogens is 294 g/mol. The van der Waals surface area contributed by atoms with Gasteiger partial charge in [-0.25, -0.2) is 0 Å². The zero-order chi connectivity index (χ0) is 16.7. The predicted octanol–water partition coefficient (Wildman–Crippen LogP) is 2.29. The standard InChI is InChI=1S/C14H19NO7/c1-21-12-7-9(10(15(19)20)8-13(12)22-2)11(16)5-3-4-6-14(17)18/h7-8,11,16H,3-6H2,1-2H3,(H,17,18). The number of aliphatic hydroxyl groups is 1. The largest absolute Gasteiger partial charge is 0.493 e. The number of methoxy groups -OCH3 is 2. The van der Waals surface area contributed by atoms with Crippen LogP contribution in [0.1, 0.15) is 37.4 Å². The van der Waals surface area contributed by atoms with Crippen molar-refractivity contribution in [2.45, 2.75) is 31.8 Å². The Labute approximate surface area is 127 Å². The number of ether oxygens (including phenoxy) is 2. The lowest BCUT2D eigenvalue weighted by atomic mass is 10.0. The van der Waals surface area contributed by atoms with Gasteiger partial charge in [0.25, 0.3) is 5.69 Å². The molecule has 1 atom stereocenters. The van der Waals surface area contributed by atoms with Gasteiger partial charge in [-0.1, -0.05) is 0 Å². The molecule has 0 saturated heterocycles. The van der Waals surface area contributed by atoms with Crippen LogP contribution in [0.3, 0.4) is 0 Å².